The van der Waals surface area contributed by atoms with Crippen LogP contribution >= 0.6 is 0 Å². The van der Waals surface area contributed by atoms with Gasteiger partial charge in [0.2, 0.25) is 23.6 Å². The minimum absolute atomic E-state index is 0.111. The summed E-state index contributed by atoms with van der Waals surface area (Å²) < 4.78 is 0. The molecule has 0 saturated carbocycles. The fourth-order valence-electron chi connectivity index (χ4n) is 2.54. The largest absolute Gasteiger partial charge is 0.480 e. The van der Waals surface area contributed by atoms with Gasteiger partial charge in [0.05, 0.1) is 19.1 Å². The minimum atomic E-state index is -1.50. The van der Waals surface area contributed by atoms with E-state index >= 15 is 0 Å². The van der Waals surface area contributed by atoms with E-state index < -0.39 is 72.7 Å². The van der Waals surface area contributed by atoms with Crippen LogP contribution in [0.5, 0.6) is 0 Å². The second-order valence-electron chi connectivity index (χ2n) is 7.78. The summed E-state index contributed by atoms with van der Waals surface area (Å²) >= 11 is 0. The van der Waals surface area contributed by atoms with Crippen LogP contribution in [0.25, 0.3) is 0 Å². The zero-order chi connectivity index (χ0) is 23.6. The Labute approximate surface area is 175 Å². The molecule has 0 aromatic rings. The zero-order valence-corrected chi connectivity index (χ0v) is 17.7. The number of carboxylic acids is 1. The Morgan fingerprint density at radius 2 is 1.37 bits per heavy atom. The second-order valence-corrected chi connectivity index (χ2v) is 7.78. The normalized spacial score (nSPS) is 15.1. The van der Waals surface area contributed by atoms with E-state index in [2.05, 4.69) is 16.0 Å². The van der Waals surface area contributed by atoms with Crippen molar-refractivity contribution in [2.45, 2.75) is 64.7 Å². The van der Waals surface area contributed by atoms with Crippen molar-refractivity contribution in [3.05, 3.63) is 0 Å². The Balaban J connectivity index is 5.25. The molecule has 9 N–H and O–H groups in total. The molecule has 30 heavy (non-hydrogen) atoms. The first-order valence-electron chi connectivity index (χ1n) is 9.58. The summed E-state index contributed by atoms with van der Waals surface area (Å²) in [6.45, 7) is 6.01. The van der Waals surface area contributed by atoms with Gasteiger partial charge in [0.15, 0.2) is 0 Å². The predicted octanol–water partition coefficient (Wildman–Crippen LogP) is -2.58. The Morgan fingerprint density at radius 3 is 1.77 bits per heavy atom. The number of carbonyl (C=O) groups excluding carboxylic acids is 4. The maximum absolute atomic E-state index is 12.5. The summed E-state index contributed by atoms with van der Waals surface area (Å²) in [4.78, 5) is 59.5. The molecule has 4 atom stereocenters. The number of nitrogens with two attached hydrogens (primary N) is 2. The maximum atomic E-state index is 12.5. The number of amides is 4. The molecule has 0 fully saturated rings. The number of hydrogen-bond acceptors (Lipinski definition) is 7. The number of hydrogen-bond donors (Lipinski definition) is 7. The first kappa shape index (κ1) is 27.3. The van der Waals surface area contributed by atoms with Crippen LogP contribution in [0.3, 0.4) is 0 Å². The van der Waals surface area contributed by atoms with Crippen molar-refractivity contribution in [3.63, 3.8) is 0 Å². The predicted molar refractivity (Wildman–Crippen MR) is 107 cm³/mol. The lowest BCUT2D eigenvalue weighted by Gasteiger charge is -2.25. The molecule has 0 saturated heterocycles. The number of carbonyl (C=O) groups is 5. The van der Waals surface area contributed by atoms with E-state index in [1.807, 2.05) is 13.8 Å². The van der Waals surface area contributed by atoms with Gasteiger partial charge in [0.1, 0.15) is 18.1 Å². The maximum Gasteiger partial charge on any atom is 0.326 e. The Kier molecular flexibility index (Phi) is 11.6. The number of aliphatic hydroxyl groups is 1. The van der Waals surface area contributed by atoms with Gasteiger partial charge in [-0.15, -0.1) is 0 Å². The zero-order valence-electron chi connectivity index (χ0n) is 17.7. The summed E-state index contributed by atoms with van der Waals surface area (Å²) in [6, 6.07) is -5.09. The highest BCUT2D eigenvalue weighted by Crippen LogP contribution is 2.05. The van der Waals surface area contributed by atoms with Crippen LogP contribution in [0.2, 0.25) is 0 Å². The van der Waals surface area contributed by atoms with Gasteiger partial charge in [0.25, 0.3) is 0 Å². The highest BCUT2D eigenvalue weighted by atomic mass is 16.4. The van der Waals surface area contributed by atoms with Crippen LogP contribution in [0.1, 0.15) is 40.5 Å². The molecule has 0 aliphatic heterocycles. The standard InChI is InChI=1S/C18H33N5O7/c1-8(2)5-10(19)15(26)21-11(6-13(20)25)16(27)22-12(7-24)17(28)23-14(9(3)4)18(29)30/h8-12,14,24H,5-7,19H2,1-4H3,(H2,20,25)(H,21,26)(H,22,27)(H,23,28)(H,29,30). The average molecular weight is 431 g/mol. The highest BCUT2D eigenvalue weighted by molar-refractivity contribution is 5.96. The first-order valence-corrected chi connectivity index (χ1v) is 9.58. The van der Waals surface area contributed by atoms with Gasteiger partial charge >= 0.3 is 5.97 Å². The van der Waals surface area contributed by atoms with Gasteiger partial charge in [-0.05, 0) is 18.3 Å². The molecule has 0 spiro atoms. The third kappa shape index (κ3) is 9.65. The van der Waals surface area contributed by atoms with Gasteiger partial charge in [-0.25, -0.2) is 4.79 Å². The van der Waals surface area contributed by atoms with E-state index in [9.17, 15) is 29.1 Å². The molecule has 0 aromatic carbocycles. The minimum Gasteiger partial charge on any atom is -0.480 e. The van der Waals surface area contributed by atoms with Crippen molar-refractivity contribution in [1.82, 2.24) is 16.0 Å². The molecule has 172 valence electrons. The van der Waals surface area contributed by atoms with Crippen molar-refractivity contribution < 1.29 is 34.2 Å². The van der Waals surface area contributed by atoms with Crippen LogP contribution in [-0.2, 0) is 24.0 Å². The van der Waals surface area contributed by atoms with Crippen LogP contribution in [0, 0.1) is 11.8 Å². The molecule has 12 heteroatoms. The lowest BCUT2D eigenvalue weighted by molar-refractivity contribution is -0.144. The topological polar surface area (TPSA) is 214 Å². The molecular weight excluding hydrogens is 398 g/mol. The number of carboxylic acid groups (broad SMARTS) is 1. The van der Waals surface area contributed by atoms with Crippen LogP contribution in [0.15, 0.2) is 0 Å². The van der Waals surface area contributed by atoms with Crippen molar-refractivity contribution in [2.75, 3.05) is 6.61 Å². The molecule has 0 aromatic heterocycles. The summed E-state index contributed by atoms with van der Waals surface area (Å²) in [6.07, 6.45) is -0.223. The van der Waals surface area contributed by atoms with Crippen LogP contribution in [-0.4, -0.2) is 70.6 Å². The summed E-state index contributed by atoms with van der Waals surface area (Å²) in [7, 11) is 0. The monoisotopic (exact) mass is 431 g/mol. The van der Waals surface area contributed by atoms with Gasteiger partial charge in [-0.1, -0.05) is 27.7 Å². The molecule has 12 nitrogen and oxygen atoms in total. The van der Waals surface area contributed by atoms with Gasteiger partial charge < -0.3 is 37.6 Å². The quantitative estimate of drug-likeness (QED) is 0.164. The highest BCUT2D eigenvalue weighted by Gasteiger charge is 2.31. The molecular formula is C18H33N5O7. The number of rotatable bonds is 13. The molecule has 4 unspecified atom stereocenters. The third-order valence-electron chi connectivity index (χ3n) is 4.15. The van der Waals surface area contributed by atoms with Crippen molar-refractivity contribution >= 4 is 29.6 Å². The van der Waals surface area contributed by atoms with Crippen molar-refractivity contribution in [1.29, 1.82) is 0 Å². The molecule has 0 bridgehead atoms. The summed E-state index contributed by atoms with van der Waals surface area (Å²) in [5.41, 5.74) is 10.9. The Bertz CT molecular complexity index is 638. The fourth-order valence-corrected chi connectivity index (χ4v) is 2.54. The summed E-state index contributed by atoms with van der Waals surface area (Å²) in [5, 5.41) is 25.3. The fraction of sp³-hybridized carbons (Fsp3) is 0.722. The SMILES string of the molecule is CC(C)CC(N)C(=O)NC(CC(N)=O)C(=O)NC(CO)C(=O)NC(C(=O)O)C(C)C. The van der Waals surface area contributed by atoms with E-state index in [0.29, 0.717) is 6.42 Å². The molecule has 0 rings (SSSR count). The molecule has 0 radical (unpaired) electrons. The first-order chi connectivity index (χ1) is 13.8. The number of nitrogens with one attached hydrogen (secondary N) is 3. The number of aliphatic hydroxyl groups excluding tert-OH is 1. The molecule has 0 aliphatic carbocycles. The third-order valence-corrected chi connectivity index (χ3v) is 4.15. The van der Waals surface area contributed by atoms with E-state index in [0.717, 1.165) is 0 Å². The average Bonchev–Trinajstić information content (AvgIpc) is 2.61. The van der Waals surface area contributed by atoms with E-state index in [4.69, 9.17) is 16.6 Å². The lowest BCUT2D eigenvalue weighted by atomic mass is 10.0. The van der Waals surface area contributed by atoms with Gasteiger partial charge in [-0.2, -0.15) is 0 Å². The van der Waals surface area contributed by atoms with Gasteiger partial charge in [-0.3, -0.25) is 19.2 Å². The second kappa shape index (κ2) is 12.8. The molecule has 0 heterocycles. The Morgan fingerprint density at radius 1 is 0.867 bits per heavy atom. The van der Waals surface area contributed by atoms with Crippen LogP contribution < -0.4 is 27.4 Å². The smallest absolute Gasteiger partial charge is 0.326 e. The van der Waals surface area contributed by atoms with E-state index in [-0.39, 0.29) is 5.92 Å². The van der Waals surface area contributed by atoms with Crippen LogP contribution in [0.4, 0.5) is 0 Å². The Hall–Kier alpha value is -2.73. The lowest BCUT2D eigenvalue weighted by Crippen LogP contribution is -2.59. The van der Waals surface area contributed by atoms with Crippen molar-refractivity contribution in [3.8, 4) is 0 Å². The number of primary amides is 1. The molecule has 0 aliphatic rings. The van der Waals surface area contributed by atoms with E-state index in [1.54, 1.807) is 13.8 Å². The van der Waals surface area contributed by atoms with Gasteiger partial charge in [0, 0.05) is 0 Å². The van der Waals surface area contributed by atoms with Crippen molar-refractivity contribution in [2.24, 2.45) is 23.3 Å². The number of aliphatic carboxylic acids is 1. The summed E-state index contributed by atoms with van der Waals surface area (Å²) in [5.74, 6) is -5.08. The molecule has 4 amide bonds. The van der Waals surface area contributed by atoms with E-state index in [1.165, 1.54) is 0 Å².